The lowest BCUT2D eigenvalue weighted by Gasteiger charge is -2.13. The molecule has 0 fully saturated rings. The number of hydrogen-bond donors (Lipinski definition) is 0. The van der Waals surface area contributed by atoms with Gasteiger partial charge in [0.05, 0.1) is 10.6 Å². The number of cyclic esters (lactones) is 1. The minimum atomic E-state index is -0.461. The van der Waals surface area contributed by atoms with Gasteiger partial charge in [0.2, 0.25) is 0 Å². The Bertz CT molecular complexity index is 698. The topological polar surface area (TPSA) is 26.3 Å². The second-order valence-electron chi connectivity index (χ2n) is 4.93. The first kappa shape index (κ1) is 13.2. The lowest BCUT2D eigenvalue weighted by atomic mass is 9.99. The quantitative estimate of drug-likeness (QED) is 0.763. The van der Waals surface area contributed by atoms with Gasteiger partial charge >= 0.3 is 5.97 Å². The van der Waals surface area contributed by atoms with Crippen LogP contribution in [-0.4, -0.2) is 5.97 Å². The van der Waals surface area contributed by atoms with Gasteiger partial charge in [-0.25, -0.2) is 4.79 Å². The zero-order valence-corrected chi connectivity index (χ0v) is 12.0. The Kier molecular flexibility index (Phi) is 3.49. The molecule has 0 amide bonds. The van der Waals surface area contributed by atoms with E-state index in [4.69, 9.17) is 16.3 Å². The molecule has 2 aromatic rings. The number of fused-ring (bicyclic) bond motifs is 1. The van der Waals surface area contributed by atoms with Crippen LogP contribution in [0.2, 0.25) is 0 Å². The Labute approximate surface area is 123 Å². The summed E-state index contributed by atoms with van der Waals surface area (Å²) < 4.78 is 5.49. The third kappa shape index (κ3) is 2.10. The van der Waals surface area contributed by atoms with Crippen LogP contribution < -0.4 is 0 Å². The first-order valence-electron chi connectivity index (χ1n) is 6.79. The first-order valence-corrected chi connectivity index (χ1v) is 7.17. The molecule has 1 atom stereocenters. The molecule has 0 saturated heterocycles. The standard InChI is InChI=1S/C17H15ClO2/c1-2-6-14-15(18)16(20-17(14)19)13-10-5-8-11-7-3-4-9-12(11)13/h3-5,7-10,16H,2,6H2,1H3. The molecule has 1 heterocycles. The largest absolute Gasteiger partial charge is 0.448 e. The molecule has 0 aromatic heterocycles. The van der Waals surface area contributed by atoms with E-state index < -0.39 is 6.10 Å². The zero-order valence-electron chi connectivity index (χ0n) is 11.2. The Hall–Kier alpha value is -1.80. The van der Waals surface area contributed by atoms with Crippen LogP contribution in [0.3, 0.4) is 0 Å². The Morgan fingerprint density at radius 1 is 1.15 bits per heavy atom. The molecule has 3 heteroatoms. The third-order valence-corrected chi connectivity index (χ3v) is 4.02. The van der Waals surface area contributed by atoms with Crippen molar-refractivity contribution in [3.8, 4) is 0 Å². The number of hydrogen-bond acceptors (Lipinski definition) is 2. The van der Waals surface area contributed by atoms with Crippen molar-refractivity contribution in [1.29, 1.82) is 0 Å². The minimum Gasteiger partial charge on any atom is -0.448 e. The maximum Gasteiger partial charge on any atom is 0.336 e. The summed E-state index contributed by atoms with van der Waals surface area (Å²) in [5.41, 5.74) is 1.57. The van der Waals surface area contributed by atoms with Crippen LogP contribution in [0.25, 0.3) is 10.8 Å². The molecule has 0 radical (unpaired) electrons. The summed E-state index contributed by atoms with van der Waals surface area (Å²) in [7, 11) is 0. The van der Waals surface area contributed by atoms with Gasteiger partial charge in [0, 0.05) is 5.56 Å². The molecule has 0 aliphatic carbocycles. The van der Waals surface area contributed by atoms with Gasteiger partial charge in [-0.05, 0) is 17.2 Å². The molecule has 0 saturated carbocycles. The minimum absolute atomic E-state index is 0.283. The average Bonchev–Trinajstić information content (AvgIpc) is 2.75. The van der Waals surface area contributed by atoms with E-state index in [1.54, 1.807) is 0 Å². The number of halogens is 1. The fourth-order valence-electron chi connectivity index (χ4n) is 2.64. The summed E-state index contributed by atoms with van der Waals surface area (Å²) in [4.78, 5) is 11.9. The van der Waals surface area contributed by atoms with E-state index in [-0.39, 0.29) is 5.97 Å². The Morgan fingerprint density at radius 3 is 2.70 bits per heavy atom. The van der Waals surface area contributed by atoms with Crippen LogP contribution >= 0.6 is 11.6 Å². The highest BCUT2D eigenvalue weighted by molar-refractivity contribution is 6.33. The van der Waals surface area contributed by atoms with Gasteiger partial charge < -0.3 is 4.74 Å². The maximum absolute atomic E-state index is 11.9. The SMILES string of the molecule is CCCC1=C(Cl)C(c2cccc3ccccc23)OC1=O. The van der Waals surface area contributed by atoms with Crippen LogP contribution in [0.4, 0.5) is 0 Å². The van der Waals surface area contributed by atoms with Crippen LogP contribution in [0.5, 0.6) is 0 Å². The summed E-state index contributed by atoms with van der Waals surface area (Å²) in [6, 6.07) is 14.0. The molecule has 0 N–H and O–H groups in total. The highest BCUT2D eigenvalue weighted by atomic mass is 35.5. The second kappa shape index (κ2) is 5.29. The van der Waals surface area contributed by atoms with E-state index in [9.17, 15) is 4.79 Å². The fourth-order valence-corrected chi connectivity index (χ4v) is 2.97. The summed E-state index contributed by atoms with van der Waals surface area (Å²) in [6.45, 7) is 2.02. The first-order chi connectivity index (χ1) is 9.72. The van der Waals surface area contributed by atoms with E-state index in [1.807, 2.05) is 49.4 Å². The van der Waals surface area contributed by atoms with Crippen LogP contribution in [0.15, 0.2) is 53.1 Å². The van der Waals surface area contributed by atoms with E-state index >= 15 is 0 Å². The van der Waals surface area contributed by atoms with Crippen LogP contribution in [0, 0.1) is 0 Å². The van der Waals surface area contributed by atoms with Gasteiger partial charge in [-0.2, -0.15) is 0 Å². The van der Waals surface area contributed by atoms with Crippen molar-refractivity contribution in [3.05, 3.63) is 58.6 Å². The van der Waals surface area contributed by atoms with Crippen molar-refractivity contribution in [2.45, 2.75) is 25.9 Å². The number of carbonyl (C=O) groups excluding carboxylic acids is 1. The van der Waals surface area contributed by atoms with Gasteiger partial charge in [-0.15, -0.1) is 0 Å². The molecule has 20 heavy (non-hydrogen) atoms. The van der Waals surface area contributed by atoms with E-state index in [0.717, 1.165) is 22.8 Å². The van der Waals surface area contributed by atoms with Gasteiger partial charge in [0.25, 0.3) is 0 Å². The predicted octanol–water partition coefficient (Wildman–Crippen LogP) is 4.73. The van der Waals surface area contributed by atoms with Crippen molar-refractivity contribution < 1.29 is 9.53 Å². The van der Waals surface area contributed by atoms with Gasteiger partial charge in [-0.3, -0.25) is 0 Å². The van der Waals surface area contributed by atoms with Crippen molar-refractivity contribution in [3.63, 3.8) is 0 Å². The van der Waals surface area contributed by atoms with Crippen molar-refractivity contribution in [2.75, 3.05) is 0 Å². The van der Waals surface area contributed by atoms with Crippen molar-refractivity contribution in [2.24, 2.45) is 0 Å². The molecule has 1 unspecified atom stereocenters. The molecule has 0 bridgehead atoms. The van der Waals surface area contributed by atoms with Crippen molar-refractivity contribution >= 4 is 28.3 Å². The molecule has 3 rings (SSSR count). The predicted molar refractivity (Wildman–Crippen MR) is 80.6 cm³/mol. The number of ether oxygens (including phenoxy) is 1. The lowest BCUT2D eigenvalue weighted by molar-refractivity contribution is -0.140. The second-order valence-corrected chi connectivity index (χ2v) is 5.34. The number of esters is 1. The third-order valence-electron chi connectivity index (χ3n) is 3.60. The fraction of sp³-hybridized carbons (Fsp3) is 0.235. The molecular formula is C17H15ClO2. The summed E-state index contributed by atoms with van der Waals surface area (Å²) in [5.74, 6) is -0.283. The molecule has 1 aliphatic rings. The maximum atomic E-state index is 11.9. The highest BCUT2D eigenvalue weighted by Crippen LogP contribution is 2.41. The monoisotopic (exact) mass is 286 g/mol. The number of rotatable bonds is 3. The van der Waals surface area contributed by atoms with Crippen LogP contribution in [0.1, 0.15) is 31.4 Å². The van der Waals surface area contributed by atoms with Crippen molar-refractivity contribution in [1.82, 2.24) is 0 Å². The Balaban J connectivity index is 2.11. The van der Waals surface area contributed by atoms with Gasteiger partial charge in [0.15, 0.2) is 6.10 Å². The molecule has 0 spiro atoms. The lowest BCUT2D eigenvalue weighted by Crippen LogP contribution is -2.03. The summed E-state index contributed by atoms with van der Waals surface area (Å²) in [5, 5.41) is 2.73. The number of carbonyl (C=O) groups is 1. The smallest absolute Gasteiger partial charge is 0.336 e. The normalized spacial score (nSPS) is 18.7. The molecule has 1 aliphatic heterocycles. The molecule has 2 nitrogen and oxygen atoms in total. The molecule has 2 aromatic carbocycles. The van der Waals surface area contributed by atoms with E-state index in [0.29, 0.717) is 17.0 Å². The van der Waals surface area contributed by atoms with E-state index in [2.05, 4.69) is 0 Å². The zero-order chi connectivity index (χ0) is 14.1. The van der Waals surface area contributed by atoms with E-state index in [1.165, 1.54) is 0 Å². The Morgan fingerprint density at radius 2 is 1.90 bits per heavy atom. The van der Waals surface area contributed by atoms with Crippen LogP contribution in [-0.2, 0) is 9.53 Å². The van der Waals surface area contributed by atoms with Gasteiger partial charge in [-0.1, -0.05) is 67.4 Å². The molecular weight excluding hydrogens is 272 g/mol. The summed E-state index contributed by atoms with van der Waals surface area (Å²) in [6.07, 6.45) is 1.08. The highest BCUT2D eigenvalue weighted by Gasteiger charge is 2.34. The number of benzene rings is 2. The van der Waals surface area contributed by atoms with Gasteiger partial charge in [0.1, 0.15) is 0 Å². The summed E-state index contributed by atoms with van der Waals surface area (Å²) >= 11 is 6.39. The average molecular weight is 287 g/mol. The molecule has 102 valence electrons.